The summed E-state index contributed by atoms with van der Waals surface area (Å²) in [6, 6.07) is 0. The molecule has 0 aromatic rings. The Morgan fingerprint density at radius 1 is 1.33 bits per heavy atom. The lowest BCUT2D eigenvalue weighted by Gasteiger charge is -2.41. The van der Waals surface area contributed by atoms with Crippen molar-refractivity contribution < 1.29 is 23.1 Å². The molecule has 0 bridgehead atoms. The largest absolute Gasteiger partial charge is 0.481 e. The van der Waals surface area contributed by atoms with Crippen LogP contribution in [0.5, 0.6) is 0 Å². The molecule has 122 valence electrons. The number of hydrogen-bond donors (Lipinski definition) is 2. The van der Waals surface area contributed by atoms with Crippen molar-refractivity contribution in [1.29, 1.82) is 0 Å². The third kappa shape index (κ3) is 4.15. The predicted molar refractivity (Wildman–Crippen MR) is 77.0 cm³/mol. The highest BCUT2D eigenvalue weighted by Crippen LogP contribution is 2.43. The minimum absolute atomic E-state index is 0.0193. The van der Waals surface area contributed by atoms with Crippen molar-refractivity contribution in [1.82, 2.24) is 9.03 Å². The number of hydrogen-bond acceptors (Lipinski definition) is 4. The molecule has 0 spiro atoms. The summed E-state index contributed by atoms with van der Waals surface area (Å²) in [6.45, 7) is 4.53. The molecule has 2 fully saturated rings. The van der Waals surface area contributed by atoms with Crippen LogP contribution in [-0.4, -0.2) is 55.6 Å². The maximum atomic E-state index is 12.4. The summed E-state index contributed by atoms with van der Waals surface area (Å²) in [5, 5.41) is 8.96. The first-order chi connectivity index (χ1) is 9.72. The van der Waals surface area contributed by atoms with Crippen LogP contribution < -0.4 is 4.72 Å². The minimum Gasteiger partial charge on any atom is -0.481 e. The van der Waals surface area contributed by atoms with Gasteiger partial charge in [-0.05, 0) is 32.1 Å². The van der Waals surface area contributed by atoms with E-state index in [0.717, 1.165) is 19.3 Å². The Labute approximate surface area is 125 Å². The van der Waals surface area contributed by atoms with E-state index < -0.39 is 21.6 Å². The number of carboxylic acid groups (broad SMARTS) is 1. The number of ether oxygens (including phenoxy) is 1. The molecule has 1 aliphatic heterocycles. The summed E-state index contributed by atoms with van der Waals surface area (Å²) in [7, 11) is -3.58. The van der Waals surface area contributed by atoms with Gasteiger partial charge in [-0.3, -0.25) is 4.79 Å². The number of nitrogens with zero attached hydrogens (tertiary/aromatic N) is 1. The smallest absolute Gasteiger partial charge is 0.303 e. The average molecular weight is 320 g/mol. The van der Waals surface area contributed by atoms with E-state index in [0.29, 0.717) is 13.1 Å². The van der Waals surface area contributed by atoms with Gasteiger partial charge in [-0.2, -0.15) is 12.7 Å². The van der Waals surface area contributed by atoms with Gasteiger partial charge in [-0.15, -0.1) is 0 Å². The standard InChI is InChI=1S/C13H24N2O5S/c1-10-7-15(8-11(2)20-10)21(18,19)14-9-13(4-3-5-13)6-12(16)17/h10-11,14H,3-9H2,1-2H3,(H,16,17). The van der Waals surface area contributed by atoms with Crippen LogP contribution >= 0.6 is 0 Å². The molecular formula is C13H24N2O5S. The fourth-order valence-electron chi connectivity index (χ4n) is 3.08. The van der Waals surface area contributed by atoms with Crippen LogP contribution in [-0.2, 0) is 19.7 Å². The highest BCUT2D eigenvalue weighted by atomic mass is 32.2. The number of morpholine rings is 1. The Morgan fingerprint density at radius 2 is 1.90 bits per heavy atom. The van der Waals surface area contributed by atoms with Crippen LogP contribution in [0, 0.1) is 5.41 Å². The summed E-state index contributed by atoms with van der Waals surface area (Å²) < 4.78 is 34.2. The van der Waals surface area contributed by atoms with Crippen molar-refractivity contribution >= 4 is 16.2 Å². The van der Waals surface area contributed by atoms with Gasteiger partial charge in [0, 0.05) is 19.6 Å². The van der Waals surface area contributed by atoms with Gasteiger partial charge < -0.3 is 9.84 Å². The summed E-state index contributed by atoms with van der Waals surface area (Å²) in [6.07, 6.45) is 2.23. The summed E-state index contributed by atoms with van der Waals surface area (Å²) in [4.78, 5) is 10.9. The average Bonchev–Trinajstić information content (AvgIpc) is 2.31. The number of carboxylic acids is 1. The second kappa shape index (κ2) is 6.20. The lowest BCUT2D eigenvalue weighted by atomic mass is 9.67. The van der Waals surface area contributed by atoms with Gasteiger partial charge in [0.25, 0.3) is 10.2 Å². The van der Waals surface area contributed by atoms with E-state index >= 15 is 0 Å². The maximum Gasteiger partial charge on any atom is 0.303 e. The van der Waals surface area contributed by atoms with E-state index in [9.17, 15) is 13.2 Å². The van der Waals surface area contributed by atoms with Crippen molar-refractivity contribution in [2.45, 2.75) is 51.7 Å². The van der Waals surface area contributed by atoms with Gasteiger partial charge >= 0.3 is 5.97 Å². The Morgan fingerprint density at radius 3 is 2.33 bits per heavy atom. The maximum absolute atomic E-state index is 12.4. The quantitative estimate of drug-likeness (QED) is 0.746. The Kier molecular flexibility index (Phi) is 4.92. The molecule has 7 nitrogen and oxygen atoms in total. The number of nitrogens with one attached hydrogen (secondary N) is 1. The second-order valence-electron chi connectivity index (χ2n) is 6.32. The molecule has 8 heteroatoms. The van der Waals surface area contributed by atoms with Gasteiger partial charge in [0.2, 0.25) is 0 Å². The molecule has 2 atom stereocenters. The molecule has 1 saturated carbocycles. The van der Waals surface area contributed by atoms with Gasteiger partial charge in [0.1, 0.15) is 0 Å². The van der Waals surface area contributed by atoms with Gasteiger partial charge in [0.05, 0.1) is 18.6 Å². The van der Waals surface area contributed by atoms with E-state index in [1.807, 2.05) is 13.8 Å². The lowest BCUT2D eigenvalue weighted by Crippen LogP contribution is -2.54. The van der Waals surface area contributed by atoms with Crippen LogP contribution in [0.1, 0.15) is 39.5 Å². The Bertz CT molecular complexity index is 479. The molecule has 2 aliphatic rings. The molecule has 1 saturated heterocycles. The van der Waals surface area contributed by atoms with Crippen molar-refractivity contribution in [3.8, 4) is 0 Å². The normalized spacial score (nSPS) is 29.8. The first-order valence-electron chi connectivity index (χ1n) is 7.34. The van der Waals surface area contributed by atoms with E-state index in [2.05, 4.69) is 4.72 Å². The van der Waals surface area contributed by atoms with Crippen LogP contribution in [0.25, 0.3) is 0 Å². The first-order valence-corrected chi connectivity index (χ1v) is 8.78. The molecule has 0 radical (unpaired) electrons. The van der Waals surface area contributed by atoms with Crippen molar-refractivity contribution in [2.75, 3.05) is 19.6 Å². The van der Waals surface area contributed by atoms with Gasteiger partial charge in [0.15, 0.2) is 0 Å². The lowest BCUT2D eigenvalue weighted by molar-refractivity contribution is -0.141. The highest BCUT2D eigenvalue weighted by molar-refractivity contribution is 7.87. The van der Waals surface area contributed by atoms with Gasteiger partial charge in [-0.1, -0.05) is 6.42 Å². The van der Waals surface area contributed by atoms with E-state index in [1.165, 1.54) is 4.31 Å². The van der Waals surface area contributed by atoms with Crippen LogP contribution in [0.4, 0.5) is 0 Å². The number of carbonyl (C=O) groups is 1. The number of rotatable bonds is 6. The fraction of sp³-hybridized carbons (Fsp3) is 0.923. The zero-order valence-corrected chi connectivity index (χ0v) is 13.4. The third-order valence-electron chi connectivity index (χ3n) is 4.30. The first kappa shape index (κ1) is 16.7. The van der Waals surface area contributed by atoms with Gasteiger partial charge in [-0.25, -0.2) is 4.72 Å². The third-order valence-corrected chi connectivity index (χ3v) is 5.78. The van der Waals surface area contributed by atoms with Crippen LogP contribution in [0.2, 0.25) is 0 Å². The molecule has 2 N–H and O–H groups in total. The molecular weight excluding hydrogens is 296 g/mol. The Balaban J connectivity index is 1.96. The minimum atomic E-state index is -3.58. The second-order valence-corrected chi connectivity index (χ2v) is 8.08. The molecule has 2 unspecified atom stereocenters. The molecule has 21 heavy (non-hydrogen) atoms. The van der Waals surface area contributed by atoms with E-state index in [-0.39, 0.29) is 25.2 Å². The monoisotopic (exact) mass is 320 g/mol. The predicted octanol–water partition coefficient (Wildman–Crippen LogP) is 0.575. The fourth-order valence-corrected chi connectivity index (χ4v) is 4.56. The SMILES string of the molecule is CC1CN(S(=O)(=O)NCC2(CC(=O)O)CCC2)CC(C)O1. The molecule has 0 aromatic carbocycles. The molecule has 0 aromatic heterocycles. The summed E-state index contributed by atoms with van der Waals surface area (Å²) >= 11 is 0. The Hall–Kier alpha value is -0.700. The van der Waals surface area contributed by atoms with Crippen LogP contribution in [0.3, 0.4) is 0 Å². The van der Waals surface area contributed by atoms with E-state index in [4.69, 9.17) is 9.84 Å². The molecule has 1 heterocycles. The zero-order chi connectivity index (χ0) is 15.7. The number of aliphatic carboxylic acids is 1. The van der Waals surface area contributed by atoms with Crippen molar-refractivity contribution in [2.24, 2.45) is 5.41 Å². The van der Waals surface area contributed by atoms with Crippen molar-refractivity contribution in [3.63, 3.8) is 0 Å². The summed E-state index contributed by atoms with van der Waals surface area (Å²) in [5.41, 5.74) is -0.414. The molecule has 1 aliphatic carbocycles. The van der Waals surface area contributed by atoms with Crippen molar-refractivity contribution in [3.05, 3.63) is 0 Å². The zero-order valence-electron chi connectivity index (χ0n) is 12.5. The van der Waals surface area contributed by atoms with Crippen LogP contribution in [0.15, 0.2) is 0 Å². The summed E-state index contributed by atoms with van der Waals surface area (Å²) in [5.74, 6) is -0.873. The topological polar surface area (TPSA) is 95.9 Å². The molecule has 2 rings (SSSR count). The molecule has 0 amide bonds. The highest BCUT2D eigenvalue weighted by Gasteiger charge is 2.41. The van der Waals surface area contributed by atoms with E-state index in [1.54, 1.807) is 0 Å².